The molecule has 1 unspecified atom stereocenters. The van der Waals surface area contributed by atoms with Gasteiger partial charge in [0, 0.05) is 38.9 Å². The summed E-state index contributed by atoms with van der Waals surface area (Å²) in [5, 5.41) is 2.16. The zero-order valence-electron chi connectivity index (χ0n) is 15.9. The van der Waals surface area contributed by atoms with Crippen molar-refractivity contribution in [3.63, 3.8) is 0 Å². The molecular formula is C20H22N4O2S2. The maximum atomic E-state index is 12.9. The van der Waals surface area contributed by atoms with Crippen molar-refractivity contribution in [3.05, 3.63) is 52.1 Å². The van der Waals surface area contributed by atoms with Gasteiger partial charge in [0.2, 0.25) is 5.91 Å². The van der Waals surface area contributed by atoms with Gasteiger partial charge in [-0.3, -0.25) is 14.2 Å². The van der Waals surface area contributed by atoms with Crippen LogP contribution in [0.5, 0.6) is 0 Å². The lowest BCUT2D eigenvalue weighted by atomic mass is 10.2. The molecule has 1 saturated heterocycles. The number of aromatic nitrogens is 2. The molecule has 4 rings (SSSR count). The molecule has 1 aliphatic heterocycles. The summed E-state index contributed by atoms with van der Waals surface area (Å²) >= 11 is 2.75. The van der Waals surface area contributed by atoms with Crippen LogP contribution in [0.4, 0.5) is 5.69 Å². The third-order valence-electron chi connectivity index (χ3n) is 4.99. The van der Waals surface area contributed by atoms with E-state index in [1.165, 1.54) is 28.8 Å². The molecule has 0 aliphatic carbocycles. The number of carbonyl (C=O) groups excluding carboxylic acids is 1. The quantitative estimate of drug-likeness (QED) is 0.485. The number of hydrogen-bond acceptors (Lipinski definition) is 6. The highest BCUT2D eigenvalue weighted by molar-refractivity contribution is 8.00. The highest BCUT2D eigenvalue weighted by Gasteiger charge is 2.26. The van der Waals surface area contributed by atoms with E-state index in [0.29, 0.717) is 28.5 Å². The highest BCUT2D eigenvalue weighted by Crippen LogP contribution is 2.25. The van der Waals surface area contributed by atoms with Crippen LogP contribution in [0.2, 0.25) is 0 Å². The van der Waals surface area contributed by atoms with Gasteiger partial charge >= 0.3 is 0 Å². The van der Waals surface area contributed by atoms with E-state index in [-0.39, 0.29) is 16.7 Å². The number of thiophene rings is 1. The Kier molecular flexibility index (Phi) is 5.41. The number of fused-ring (bicyclic) bond motifs is 1. The van der Waals surface area contributed by atoms with Crippen molar-refractivity contribution in [2.45, 2.75) is 17.3 Å². The lowest BCUT2D eigenvalue weighted by molar-refractivity contribution is -0.130. The maximum absolute atomic E-state index is 12.9. The molecule has 146 valence electrons. The number of hydrogen-bond donors (Lipinski definition) is 0. The Balaban J connectivity index is 1.42. The lowest BCUT2D eigenvalue weighted by Crippen LogP contribution is -2.50. The lowest BCUT2D eigenvalue weighted by Gasteiger charge is -2.37. The molecule has 1 amide bonds. The van der Waals surface area contributed by atoms with Gasteiger partial charge in [0.25, 0.3) is 5.56 Å². The van der Waals surface area contributed by atoms with Crippen molar-refractivity contribution in [1.29, 1.82) is 0 Å². The number of anilines is 1. The van der Waals surface area contributed by atoms with Crippen molar-refractivity contribution < 1.29 is 4.79 Å². The number of nitrogens with zero attached hydrogens (tertiary/aromatic N) is 4. The number of benzene rings is 1. The van der Waals surface area contributed by atoms with Gasteiger partial charge in [-0.15, -0.1) is 11.3 Å². The fraction of sp³-hybridized carbons (Fsp3) is 0.350. The average Bonchev–Trinajstić information content (AvgIpc) is 3.20. The molecule has 0 N–H and O–H groups in total. The first-order valence-electron chi connectivity index (χ1n) is 9.24. The first-order valence-corrected chi connectivity index (χ1v) is 11.0. The fourth-order valence-electron chi connectivity index (χ4n) is 3.36. The van der Waals surface area contributed by atoms with Crippen LogP contribution in [0.3, 0.4) is 0 Å². The summed E-state index contributed by atoms with van der Waals surface area (Å²) < 4.78 is 2.20. The van der Waals surface area contributed by atoms with E-state index in [1.54, 1.807) is 11.6 Å². The van der Waals surface area contributed by atoms with Crippen molar-refractivity contribution in [1.82, 2.24) is 14.5 Å². The molecule has 1 aromatic carbocycles. The van der Waals surface area contributed by atoms with Gasteiger partial charge in [0.05, 0.1) is 10.8 Å². The summed E-state index contributed by atoms with van der Waals surface area (Å²) in [7, 11) is 1.71. The van der Waals surface area contributed by atoms with Crippen molar-refractivity contribution >= 4 is 44.9 Å². The molecule has 0 radical (unpaired) electrons. The summed E-state index contributed by atoms with van der Waals surface area (Å²) in [6.45, 7) is 4.94. The standard InChI is InChI=1S/C20H22N4O2S2/c1-14(28-20-21-16-8-13-27-17(16)19(26)22(20)2)18(25)24-11-9-23(10-12-24)15-6-4-3-5-7-15/h3-8,13-14H,9-12H2,1-2H3. The van der Waals surface area contributed by atoms with Crippen LogP contribution < -0.4 is 10.5 Å². The second kappa shape index (κ2) is 7.97. The Labute approximate surface area is 171 Å². The van der Waals surface area contributed by atoms with E-state index in [9.17, 15) is 9.59 Å². The largest absolute Gasteiger partial charge is 0.368 e. The smallest absolute Gasteiger partial charge is 0.271 e. The van der Waals surface area contributed by atoms with Gasteiger partial charge in [0.1, 0.15) is 4.70 Å². The molecule has 1 atom stereocenters. The normalized spacial score (nSPS) is 15.8. The Morgan fingerprint density at radius 1 is 1.14 bits per heavy atom. The Hall–Kier alpha value is -2.32. The number of amides is 1. The van der Waals surface area contributed by atoms with Gasteiger partial charge in [-0.05, 0) is 30.5 Å². The molecule has 6 nitrogen and oxygen atoms in total. The molecular weight excluding hydrogens is 392 g/mol. The molecule has 0 saturated carbocycles. The summed E-state index contributed by atoms with van der Waals surface area (Å²) in [4.78, 5) is 34.2. The number of thioether (sulfide) groups is 1. The van der Waals surface area contributed by atoms with E-state index in [2.05, 4.69) is 22.0 Å². The number of carbonyl (C=O) groups is 1. The molecule has 8 heteroatoms. The van der Waals surface area contributed by atoms with Crippen LogP contribution in [0.25, 0.3) is 10.2 Å². The predicted molar refractivity (Wildman–Crippen MR) is 115 cm³/mol. The summed E-state index contributed by atoms with van der Waals surface area (Å²) in [6, 6.07) is 12.1. The van der Waals surface area contributed by atoms with Crippen LogP contribution in [0.1, 0.15) is 6.92 Å². The molecule has 0 bridgehead atoms. The zero-order chi connectivity index (χ0) is 19.7. The Bertz CT molecular complexity index is 1040. The third kappa shape index (κ3) is 3.66. The summed E-state index contributed by atoms with van der Waals surface area (Å²) in [5.74, 6) is 0.0948. The van der Waals surface area contributed by atoms with Crippen LogP contribution in [-0.4, -0.2) is 51.8 Å². The molecule has 1 fully saturated rings. The third-order valence-corrected chi connectivity index (χ3v) is 7.01. The highest BCUT2D eigenvalue weighted by atomic mass is 32.2. The maximum Gasteiger partial charge on any atom is 0.271 e. The van der Waals surface area contributed by atoms with E-state index < -0.39 is 0 Å². The van der Waals surface area contributed by atoms with E-state index >= 15 is 0 Å². The first kappa shape index (κ1) is 19.0. The van der Waals surface area contributed by atoms with Gasteiger partial charge in [-0.25, -0.2) is 4.98 Å². The molecule has 3 aromatic rings. The van der Waals surface area contributed by atoms with E-state index in [0.717, 1.165) is 13.1 Å². The number of para-hydroxylation sites is 1. The van der Waals surface area contributed by atoms with Gasteiger partial charge in [-0.2, -0.15) is 0 Å². The first-order chi connectivity index (χ1) is 13.5. The van der Waals surface area contributed by atoms with Gasteiger partial charge in [-0.1, -0.05) is 30.0 Å². The average molecular weight is 415 g/mol. The SMILES string of the molecule is CC(Sc1nc2ccsc2c(=O)n1C)C(=O)N1CCN(c2ccccc2)CC1. The van der Waals surface area contributed by atoms with Gasteiger partial charge < -0.3 is 9.80 Å². The molecule has 3 heterocycles. The number of rotatable bonds is 4. The second-order valence-electron chi connectivity index (χ2n) is 6.80. The molecule has 28 heavy (non-hydrogen) atoms. The molecule has 1 aliphatic rings. The molecule has 0 spiro atoms. The minimum Gasteiger partial charge on any atom is -0.368 e. The minimum atomic E-state index is -0.294. The predicted octanol–water partition coefficient (Wildman–Crippen LogP) is 2.82. The Morgan fingerprint density at radius 3 is 2.57 bits per heavy atom. The summed E-state index contributed by atoms with van der Waals surface area (Å²) in [5.41, 5.74) is 1.84. The van der Waals surface area contributed by atoms with Crippen LogP contribution >= 0.6 is 23.1 Å². The van der Waals surface area contributed by atoms with E-state index in [4.69, 9.17) is 0 Å². The zero-order valence-corrected chi connectivity index (χ0v) is 17.5. The number of piperazine rings is 1. The monoisotopic (exact) mass is 414 g/mol. The van der Waals surface area contributed by atoms with Crippen LogP contribution in [0.15, 0.2) is 51.7 Å². The second-order valence-corrected chi connectivity index (χ2v) is 9.03. The summed E-state index contributed by atoms with van der Waals surface area (Å²) in [6.07, 6.45) is 0. The van der Waals surface area contributed by atoms with Crippen molar-refractivity contribution in [2.75, 3.05) is 31.1 Å². The van der Waals surface area contributed by atoms with E-state index in [1.807, 2.05) is 41.5 Å². The topological polar surface area (TPSA) is 58.4 Å². The van der Waals surface area contributed by atoms with Crippen LogP contribution in [-0.2, 0) is 11.8 Å². The molecule has 2 aromatic heterocycles. The Morgan fingerprint density at radius 2 is 1.86 bits per heavy atom. The van der Waals surface area contributed by atoms with Crippen molar-refractivity contribution in [3.8, 4) is 0 Å². The van der Waals surface area contributed by atoms with Crippen molar-refractivity contribution in [2.24, 2.45) is 7.05 Å². The minimum absolute atomic E-state index is 0.0568. The van der Waals surface area contributed by atoms with Gasteiger partial charge in [0.15, 0.2) is 5.16 Å². The fourth-order valence-corrected chi connectivity index (χ4v) is 5.13. The van der Waals surface area contributed by atoms with Crippen LogP contribution in [0, 0.1) is 0 Å².